The number of methoxy groups -OCH3 is 1. The lowest BCUT2D eigenvalue weighted by Gasteiger charge is -2.21. The maximum Gasteiger partial charge on any atom is 0.336 e. The fraction of sp³-hybridized carbons (Fsp3) is 0.267. The number of aromatic nitrogens is 2. The second kappa shape index (κ2) is 12.1. The van der Waals surface area contributed by atoms with Crippen molar-refractivity contribution in [2.24, 2.45) is 0 Å². The predicted molar refractivity (Wildman–Crippen MR) is 151 cm³/mol. The summed E-state index contributed by atoms with van der Waals surface area (Å²) in [5.41, 5.74) is 2.61. The number of carboxylic acid groups (broad SMARTS) is 1. The van der Waals surface area contributed by atoms with Gasteiger partial charge in [-0.3, -0.25) is 4.79 Å². The van der Waals surface area contributed by atoms with Crippen molar-refractivity contribution in [3.8, 4) is 17.2 Å². The Kier molecular flexibility index (Phi) is 8.61. The van der Waals surface area contributed by atoms with Crippen molar-refractivity contribution in [2.75, 3.05) is 7.11 Å². The van der Waals surface area contributed by atoms with E-state index in [2.05, 4.69) is 8.75 Å². The second-order valence-electron chi connectivity index (χ2n) is 9.46. The van der Waals surface area contributed by atoms with Crippen molar-refractivity contribution >= 4 is 40.1 Å². The zero-order valence-corrected chi connectivity index (χ0v) is 23.2. The summed E-state index contributed by atoms with van der Waals surface area (Å²) in [4.78, 5) is 26.6. The summed E-state index contributed by atoms with van der Waals surface area (Å²) in [5, 5.41) is 10.4. The number of hydrogen-bond acceptors (Lipinski definition) is 8. The zero-order chi connectivity index (χ0) is 28.1. The lowest BCUT2D eigenvalue weighted by atomic mass is 9.89. The molecule has 39 heavy (non-hydrogen) atoms. The molecule has 1 heterocycles. The first-order chi connectivity index (χ1) is 18.7. The van der Waals surface area contributed by atoms with E-state index in [1.54, 1.807) is 60.7 Å². The number of rotatable bonds is 11. The number of carbonyl (C=O) groups is 2. The van der Waals surface area contributed by atoms with E-state index >= 15 is 0 Å². The molecule has 0 atom stereocenters. The standard InChI is InChI=1S/C30H30N2O6S/c1-17(2)37-26-15-19(14-25(36-5)29(26)38-18(3)4)13-22(28(33)20-9-7-6-8-10-20)27(30(34)35)21-11-12-23-24(16-21)32-39-31-23/h6-12,14-18H,13H2,1-5H3,(H,34,35)/b27-22+. The van der Waals surface area contributed by atoms with E-state index in [9.17, 15) is 14.7 Å². The summed E-state index contributed by atoms with van der Waals surface area (Å²) < 4.78 is 26.1. The van der Waals surface area contributed by atoms with Gasteiger partial charge in [0.25, 0.3) is 0 Å². The van der Waals surface area contributed by atoms with E-state index in [-0.39, 0.29) is 29.8 Å². The number of Topliss-reactive ketones (excluding diaryl/α,β-unsaturated/α-hetero) is 1. The van der Waals surface area contributed by atoms with Gasteiger partial charge >= 0.3 is 5.97 Å². The van der Waals surface area contributed by atoms with Crippen molar-refractivity contribution in [3.05, 3.63) is 82.9 Å². The summed E-state index contributed by atoms with van der Waals surface area (Å²) in [6, 6.07) is 17.1. The Hall–Kier alpha value is -4.24. The molecule has 0 bridgehead atoms. The van der Waals surface area contributed by atoms with Crippen molar-refractivity contribution < 1.29 is 28.9 Å². The van der Waals surface area contributed by atoms with Crippen LogP contribution in [0, 0.1) is 0 Å². The van der Waals surface area contributed by atoms with Gasteiger partial charge in [-0.05, 0) is 63.1 Å². The fourth-order valence-corrected chi connectivity index (χ4v) is 4.71. The molecule has 0 aliphatic rings. The zero-order valence-electron chi connectivity index (χ0n) is 22.4. The topological polar surface area (TPSA) is 108 Å². The number of aliphatic carboxylic acids is 1. The number of ketones is 1. The van der Waals surface area contributed by atoms with Crippen LogP contribution in [-0.4, -0.2) is 44.9 Å². The highest BCUT2D eigenvalue weighted by atomic mass is 32.1. The Morgan fingerprint density at radius 2 is 1.51 bits per heavy atom. The van der Waals surface area contributed by atoms with Crippen molar-refractivity contribution in [1.82, 2.24) is 8.75 Å². The Morgan fingerprint density at radius 3 is 2.15 bits per heavy atom. The molecule has 4 aromatic rings. The molecule has 0 fully saturated rings. The number of ether oxygens (including phenoxy) is 3. The first-order valence-corrected chi connectivity index (χ1v) is 13.2. The molecule has 8 nitrogen and oxygen atoms in total. The number of nitrogens with zero attached hydrogens (tertiary/aromatic N) is 2. The second-order valence-corrected chi connectivity index (χ2v) is 9.99. The SMILES string of the molecule is COc1cc(C/C(C(=O)c2ccccc2)=C(\C(=O)O)c2ccc3nsnc3c2)cc(OC(C)C)c1OC(C)C. The fourth-order valence-electron chi connectivity index (χ4n) is 4.19. The van der Waals surface area contributed by atoms with Gasteiger partial charge in [-0.1, -0.05) is 36.4 Å². The van der Waals surface area contributed by atoms with Gasteiger partial charge in [0.1, 0.15) is 11.0 Å². The molecule has 4 rings (SSSR count). The van der Waals surface area contributed by atoms with E-state index in [0.717, 1.165) is 11.7 Å². The van der Waals surface area contributed by atoms with Crippen molar-refractivity contribution in [1.29, 1.82) is 0 Å². The number of allylic oxidation sites excluding steroid dienone is 1. The van der Waals surface area contributed by atoms with Gasteiger partial charge in [-0.15, -0.1) is 0 Å². The summed E-state index contributed by atoms with van der Waals surface area (Å²) in [7, 11) is 1.52. The summed E-state index contributed by atoms with van der Waals surface area (Å²) in [5.74, 6) is -0.286. The van der Waals surface area contributed by atoms with Crippen LogP contribution in [0.15, 0.2) is 66.2 Å². The number of hydrogen-bond donors (Lipinski definition) is 1. The Labute approximate surface area is 231 Å². The van der Waals surface area contributed by atoms with E-state index in [1.807, 2.05) is 27.7 Å². The average molecular weight is 547 g/mol. The predicted octanol–water partition coefficient (Wildman–Crippen LogP) is 6.24. The van der Waals surface area contributed by atoms with Gasteiger partial charge in [-0.25, -0.2) is 4.79 Å². The summed E-state index contributed by atoms with van der Waals surface area (Å²) in [6.07, 6.45) is -0.285. The van der Waals surface area contributed by atoms with Crippen LogP contribution in [-0.2, 0) is 11.2 Å². The third-order valence-electron chi connectivity index (χ3n) is 5.77. The molecule has 1 N–H and O–H groups in total. The first kappa shape index (κ1) is 27.8. The lowest BCUT2D eigenvalue weighted by Crippen LogP contribution is -2.15. The molecule has 1 aromatic heterocycles. The highest BCUT2D eigenvalue weighted by Gasteiger charge is 2.26. The highest BCUT2D eigenvalue weighted by Crippen LogP contribution is 2.41. The molecule has 0 radical (unpaired) electrons. The monoisotopic (exact) mass is 546 g/mol. The molecule has 0 amide bonds. The first-order valence-electron chi connectivity index (χ1n) is 12.5. The average Bonchev–Trinajstić information content (AvgIpc) is 3.37. The summed E-state index contributed by atoms with van der Waals surface area (Å²) >= 11 is 1.04. The largest absolute Gasteiger partial charge is 0.493 e. The Morgan fingerprint density at radius 1 is 0.846 bits per heavy atom. The third kappa shape index (κ3) is 6.43. The third-order valence-corrected chi connectivity index (χ3v) is 6.32. The van der Waals surface area contributed by atoms with Crippen LogP contribution in [0.2, 0.25) is 0 Å². The van der Waals surface area contributed by atoms with Crippen LogP contribution >= 0.6 is 11.7 Å². The van der Waals surface area contributed by atoms with Crippen LogP contribution in [0.5, 0.6) is 17.2 Å². The molecular formula is C30H30N2O6S. The van der Waals surface area contributed by atoms with Crippen LogP contribution in [0.25, 0.3) is 16.6 Å². The quantitative estimate of drug-likeness (QED) is 0.174. The molecule has 3 aromatic carbocycles. The van der Waals surface area contributed by atoms with Crippen LogP contribution in [0.3, 0.4) is 0 Å². The molecule has 0 unspecified atom stereocenters. The van der Waals surface area contributed by atoms with Gasteiger partial charge in [-0.2, -0.15) is 8.75 Å². The number of carbonyl (C=O) groups excluding carboxylic acids is 1. The molecule has 0 saturated heterocycles. The van der Waals surface area contributed by atoms with Gasteiger partial charge < -0.3 is 19.3 Å². The molecular weight excluding hydrogens is 516 g/mol. The van der Waals surface area contributed by atoms with Gasteiger partial charge in [0.2, 0.25) is 5.75 Å². The number of fused-ring (bicyclic) bond motifs is 1. The van der Waals surface area contributed by atoms with Gasteiger partial charge in [0.15, 0.2) is 17.3 Å². The van der Waals surface area contributed by atoms with Crippen LogP contribution < -0.4 is 14.2 Å². The minimum atomic E-state index is -1.22. The number of benzene rings is 3. The highest BCUT2D eigenvalue weighted by molar-refractivity contribution is 7.00. The summed E-state index contributed by atoms with van der Waals surface area (Å²) in [6.45, 7) is 7.60. The maximum absolute atomic E-state index is 13.9. The van der Waals surface area contributed by atoms with E-state index in [1.165, 1.54) is 7.11 Å². The number of carboxylic acids is 1. The normalized spacial score (nSPS) is 12.0. The maximum atomic E-state index is 13.9. The Balaban J connectivity index is 1.93. The Bertz CT molecular complexity index is 1530. The molecule has 0 saturated carbocycles. The van der Waals surface area contributed by atoms with E-state index in [0.29, 0.717) is 45.0 Å². The molecule has 202 valence electrons. The van der Waals surface area contributed by atoms with Gasteiger partial charge in [0.05, 0.1) is 36.6 Å². The van der Waals surface area contributed by atoms with E-state index in [4.69, 9.17) is 14.2 Å². The van der Waals surface area contributed by atoms with Crippen LogP contribution in [0.1, 0.15) is 49.2 Å². The minimum absolute atomic E-state index is 0.00941. The van der Waals surface area contributed by atoms with Crippen molar-refractivity contribution in [2.45, 2.75) is 46.3 Å². The molecule has 0 spiro atoms. The van der Waals surface area contributed by atoms with Crippen molar-refractivity contribution in [3.63, 3.8) is 0 Å². The van der Waals surface area contributed by atoms with E-state index < -0.39 is 11.8 Å². The molecule has 0 aliphatic carbocycles. The minimum Gasteiger partial charge on any atom is -0.493 e. The lowest BCUT2D eigenvalue weighted by molar-refractivity contribution is -0.130. The molecule has 9 heteroatoms. The molecule has 0 aliphatic heterocycles. The van der Waals surface area contributed by atoms with Gasteiger partial charge in [0, 0.05) is 17.6 Å². The van der Waals surface area contributed by atoms with Crippen LogP contribution in [0.4, 0.5) is 0 Å². The smallest absolute Gasteiger partial charge is 0.336 e.